The summed E-state index contributed by atoms with van der Waals surface area (Å²) in [6, 6.07) is 4.22. The zero-order valence-electron chi connectivity index (χ0n) is 13.4. The van der Waals surface area contributed by atoms with E-state index < -0.39 is 12.2 Å². The quantitative estimate of drug-likeness (QED) is 0.619. The van der Waals surface area contributed by atoms with Crippen molar-refractivity contribution in [3.8, 4) is 11.5 Å². The lowest BCUT2D eigenvalue weighted by Crippen LogP contribution is -2.51. The van der Waals surface area contributed by atoms with Gasteiger partial charge in [-0.1, -0.05) is 11.6 Å². The Kier molecular flexibility index (Phi) is 2.96. The summed E-state index contributed by atoms with van der Waals surface area (Å²) in [6.07, 6.45) is 1.48. The molecule has 5 rings (SSSR count). The number of nitrogens with zero attached hydrogens (tertiary/aromatic N) is 1. The molecule has 3 unspecified atom stereocenters. The van der Waals surface area contributed by atoms with Crippen molar-refractivity contribution in [2.75, 3.05) is 13.3 Å². The van der Waals surface area contributed by atoms with Crippen LogP contribution >= 0.6 is 0 Å². The number of carbonyl (C=O) groups excluding carboxylic acids is 1. The molecule has 0 aromatic heterocycles. The number of rotatable bonds is 1. The lowest BCUT2D eigenvalue weighted by molar-refractivity contribution is -0.154. The van der Waals surface area contributed by atoms with Crippen LogP contribution in [0.1, 0.15) is 30.4 Å². The van der Waals surface area contributed by atoms with Crippen molar-refractivity contribution in [2.24, 2.45) is 0 Å². The van der Waals surface area contributed by atoms with Crippen molar-refractivity contribution in [3.63, 3.8) is 0 Å². The standard InChI is InChI=1S/C18H19NO5/c1-9(20)24-18-13(21)4-10-2-3-19-7-11-5-14-15(23-8-22-14)6-12(11)16(18)17(10)19/h4-6,13,16-18,21H,2-3,7-8H2,1H3/t13?,16-,17?,18?/m0/s1. The first-order valence-corrected chi connectivity index (χ1v) is 8.34. The predicted octanol–water partition coefficient (Wildman–Crippen LogP) is 1.32. The monoisotopic (exact) mass is 329 g/mol. The summed E-state index contributed by atoms with van der Waals surface area (Å²) in [4.78, 5) is 14.0. The molecule has 1 aromatic carbocycles. The third kappa shape index (κ3) is 1.93. The van der Waals surface area contributed by atoms with Crippen LogP contribution in [0.2, 0.25) is 0 Å². The normalized spacial score (nSPS) is 32.8. The second kappa shape index (κ2) is 4.97. The number of fused-ring (bicyclic) bond motifs is 3. The van der Waals surface area contributed by atoms with Gasteiger partial charge in [0.1, 0.15) is 12.2 Å². The number of aliphatic hydroxyl groups is 1. The molecule has 6 heteroatoms. The maximum Gasteiger partial charge on any atom is 0.303 e. The Bertz CT molecular complexity index is 758. The molecule has 1 aromatic rings. The van der Waals surface area contributed by atoms with Crippen LogP contribution in [-0.4, -0.2) is 47.6 Å². The Morgan fingerprint density at radius 1 is 1.33 bits per heavy atom. The lowest BCUT2D eigenvalue weighted by Gasteiger charge is -2.45. The fraction of sp³-hybridized carbons (Fsp3) is 0.500. The van der Waals surface area contributed by atoms with Crippen molar-refractivity contribution >= 4 is 5.97 Å². The summed E-state index contributed by atoms with van der Waals surface area (Å²) < 4.78 is 16.6. The van der Waals surface area contributed by atoms with E-state index in [1.165, 1.54) is 12.5 Å². The Labute approximate surface area is 139 Å². The van der Waals surface area contributed by atoms with Gasteiger partial charge < -0.3 is 19.3 Å². The molecule has 24 heavy (non-hydrogen) atoms. The Morgan fingerprint density at radius 2 is 2.12 bits per heavy atom. The summed E-state index contributed by atoms with van der Waals surface area (Å²) in [5.74, 6) is 1.05. The van der Waals surface area contributed by atoms with Crippen LogP contribution in [0.5, 0.6) is 11.5 Å². The Hall–Kier alpha value is -2.05. The largest absolute Gasteiger partial charge is 0.459 e. The molecule has 1 aliphatic carbocycles. The maximum atomic E-state index is 11.6. The highest BCUT2D eigenvalue weighted by Gasteiger charge is 2.50. The topological polar surface area (TPSA) is 68.2 Å². The average molecular weight is 329 g/mol. The molecular formula is C18H19NO5. The van der Waals surface area contributed by atoms with Crippen molar-refractivity contribution in [2.45, 2.75) is 44.1 Å². The zero-order valence-corrected chi connectivity index (χ0v) is 13.4. The number of carbonyl (C=O) groups is 1. The lowest BCUT2D eigenvalue weighted by atomic mass is 9.73. The van der Waals surface area contributed by atoms with Gasteiger partial charge >= 0.3 is 5.97 Å². The number of hydrogen-bond acceptors (Lipinski definition) is 6. The summed E-state index contributed by atoms with van der Waals surface area (Å²) in [5.41, 5.74) is 3.51. The van der Waals surface area contributed by atoms with Gasteiger partial charge in [-0.2, -0.15) is 0 Å². The van der Waals surface area contributed by atoms with Crippen LogP contribution < -0.4 is 9.47 Å². The van der Waals surface area contributed by atoms with Gasteiger partial charge in [0, 0.05) is 32.0 Å². The van der Waals surface area contributed by atoms with Crippen LogP contribution in [0.25, 0.3) is 0 Å². The molecule has 1 N–H and O–H groups in total. The molecule has 0 saturated carbocycles. The van der Waals surface area contributed by atoms with Gasteiger partial charge in [0.15, 0.2) is 11.5 Å². The first kappa shape index (κ1) is 14.3. The first-order valence-electron chi connectivity index (χ1n) is 8.34. The van der Waals surface area contributed by atoms with Crippen LogP contribution in [0, 0.1) is 0 Å². The van der Waals surface area contributed by atoms with E-state index in [1.54, 1.807) is 0 Å². The molecule has 3 heterocycles. The molecule has 0 spiro atoms. The minimum absolute atomic E-state index is 0.0790. The highest BCUT2D eigenvalue weighted by molar-refractivity contribution is 5.66. The molecular weight excluding hydrogens is 310 g/mol. The van der Waals surface area contributed by atoms with E-state index in [-0.39, 0.29) is 24.7 Å². The van der Waals surface area contributed by atoms with Gasteiger partial charge in [-0.05, 0) is 29.7 Å². The fourth-order valence-electron chi connectivity index (χ4n) is 4.67. The number of benzene rings is 1. The van der Waals surface area contributed by atoms with E-state index in [2.05, 4.69) is 4.90 Å². The second-order valence-corrected chi connectivity index (χ2v) is 6.90. The third-order valence-corrected chi connectivity index (χ3v) is 5.55. The highest BCUT2D eigenvalue weighted by Crippen LogP contribution is 2.50. The number of aliphatic hydroxyl groups excluding tert-OH is 1. The second-order valence-electron chi connectivity index (χ2n) is 6.90. The van der Waals surface area contributed by atoms with Crippen molar-refractivity contribution in [3.05, 3.63) is 34.9 Å². The van der Waals surface area contributed by atoms with Crippen molar-refractivity contribution in [1.29, 1.82) is 0 Å². The molecule has 6 nitrogen and oxygen atoms in total. The SMILES string of the molecule is CC(=O)OC1C(O)C=C2CCN3Cc4cc5c(cc4[C@H]1C23)OCO5. The fourth-order valence-corrected chi connectivity index (χ4v) is 4.67. The molecule has 4 aliphatic rings. The van der Waals surface area contributed by atoms with Gasteiger partial charge in [0.05, 0.1) is 0 Å². The summed E-state index contributed by atoms with van der Waals surface area (Å²) in [6.45, 7) is 3.42. The van der Waals surface area contributed by atoms with Crippen LogP contribution in [0.3, 0.4) is 0 Å². The number of hydrogen-bond donors (Lipinski definition) is 1. The molecule has 0 bridgehead atoms. The van der Waals surface area contributed by atoms with Crippen molar-refractivity contribution in [1.82, 2.24) is 4.90 Å². The van der Waals surface area contributed by atoms with Gasteiger partial charge in [-0.15, -0.1) is 0 Å². The molecule has 1 saturated heterocycles. The van der Waals surface area contributed by atoms with E-state index in [9.17, 15) is 9.90 Å². The van der Waals surface area contributed by atoms with E-state index in [0.717, 1.165) is 42.1 Å². The molecule has 126 valence electrons. The van der Waals surface area contributed by atoms with E-state index in [1.807, 2.05) is 18.2 Å². The number of esters is 1. The van der Waals surface area contributed by atoms with Gasteiger partial charge in [0.25, 0.3) is 0 Å². The third-order valence-electron chi connectivity index (χ3n) is 5.55. The molecule has 3 aliphatic heterocycles. The minimum atomic E-state index is -0.776. The number of ether oxygens (including phenoxy) is 3. The molecule has 0 radical (unpaired) electrons. The summed E-state index contributed by atoms with van der Waals surface area (Å²) >= 11 is 0. The molecule has 4 atom stereocenters. The van der Waals surface area contributed by atoms with E-state index in [0.29, 0.717) is 0 Å². The Morgan fingerprint density at radius 3 is 2.92 bits per heavy atom. The van der Waals surface area contributed by atoms with Gasteiger partial charge in [0.2, 0.25) is 6.79 Å². The van der Waals surface area contributed by atoms with Crippen molar-refractivity contribution < 1.29 is 24.1 Å². The summed E-state index contributed by atoms with van der Waals surface area (Å²) in [7, 11) is 0. The smallest absolute Gasteiger partial charge is 0.303 e. The zero-order chi connectivity index (χ0) is 16.4. The van der Waals surface area contributed by atoms with Crippen LogP contribution in [0.15, 0.2) is 23.8 Å². The maximum absolute atomic E-state index is 11.6. The van der Waals surface area contributed by atoms with Crippen LogP contribution in [0.4, 0.5) is 0 Å². The van der Waals surface area contributed by atoms with E-state index >= 15 is 0 Å². The average Bonchev–Trinajstić information content (AvgIpc) is 3.15. The minimum Gasteiger partial charge on any atom is -0.459 e. The van der Waals surface area contributed by atoms with Gasteiger partial charge in [-0.3, -0.25) is 9.69 Å². The molecule has 0 amide bonds. The van der Waals surface area contributed by atoms with Crippen LogP contribution in [-0.2, 0) is 16.1 Å². The Balaban J connectivity index is 1.66. The molecule has 1 fully saturated rings. The predicted molar refractivity (Wildman–Crippen MR) is 83.8 cm³/mol. The highest BCUT2D eigenvalue weighted by atomic mass is 16.7. The first-order chi connectivity index (χ1) is 11.6. The van der Waals surface area contributed by atoms with Gasteiger partial charge in [-0.25, -0.2) is 0 Å². The van der Waals surface area contributed by atoms with E-state index in [4.69, 9.17) is 14.2 Å². The summed E-state index contributed by atoms with van der Waals surface area (Å²) in [5, 5.41) is 10.6.